The molecule has 1 heterocycles. The summed E-state index contributed by atoms with van der Waals surface area (Å²) >= 11 is 1.72. The molecule has 1 aromatic rings. The van der Waals surface area contributed by atoms with E-state index in [9.17, 15) is 18.4 Å². The molecular weight excluding hydrogens is 302 g/mol. The molecule has 0 saturated carbocycles. The van der Waals surface area contributed by atoms with Crippen LogP contribution >= 0.6 is 11.8 Å². The maximum absolute atomic E-state index is 13.2. The van der Waals surface area contributed by atoms with Crippen molar-refractivity contribution in [3.05, 3.63) is 29.3 Å². The zero-order valence-corrected chi connectivity index (χ0v) is 11.8. The Morgan fingerprint density at radius 2 is 2.00 bits per heavy atom. The quantitative estimate of drug-likeness (QED) is 0.801. The van der Waals surface area contributed by atoms with Crippen LogP contribution in [0, 0.1) is 11.6 Å². The first-order valence-corrected chi connectivity index (χ1v) is 7.50. The number of amides is 2. The molecule has 1 saturated heterocycles. The minimum Gasteiger partial charge on any atom is -0.478 e. The van der Waals surface area contributed by atoms with Crippen LogP contribution in [-0.4, -0.2) is 34.7 Å². The van der Waals surface area contributed by atoms with Gasteiger partial charge in [0.05, 0.1) is 11.3 Å². The average Bonchev–Trinajstić information content (AvgIpc) is 2.43. The number of carboxylic acids is 1. The van der Waals surface area contributed by atoms with Gasteiger partial charge in [-0.3, -0.25) is 0 Å². The third-order valence-corrected chi connectivity index (χ3v) is 4.25. The van der Waals surface area contributed by atoms with Crippen molar-refractivity contribution in [3.8, 4) is 0 Å². The lowest BCUT2D eigenvalue weighted by Gasteiger charge is -2.22. The number of hydrogen-bond donors (Lipinski definition) is 3. The SMILES string of the molecule is O=C(Nc1cc(F)c(F)cc1C(=O)O)NC1CCCSC1. The minimum absolute atomic E-state index is 0.0117. The van der Waals surface area contributed by atoms with Crippen molar-refractivity contribution in [1.82, 2.24) is 5.32 Å². The molecule has 0 aromatic heterocycles. The van der Waals surface area contributed by atoms with Crippen molar-refractivity contribution in [2.24, 2.45) is 0 Å². The molecule has 1 aromatic carbocycles. The Hall–Kier alpha value is -1.83. The first-order chi connectivity index (χ1) is 9.97. The number of urea groups is 1. The van der Waals surface area contributed by atoms with E-state index < -0.39 is 29.2 Å². The van der Waals surface area contributed by atoms with Crippen molar-refractivity contribution in [1.29, 1.82) is 0 Å². The number of rotatable bonds is 3. The second-order valence-electron chi connectivity index (χ2n) is 4.63. The number of aromatic carboxylic acids is 1. The molecule has 8 heteroatoms. The van der Waals surface area contributed by atoms with Gasteiger partial charge < -0.3 is 15.7 Å². The number of carbonyl (C=O) groups is 2. The molecule has 0 spiro atoms. The van der Waals surface area contributed by atoms with Crippen LogP contribution in [0.1, 0.15) is 23.2 Å². The van der Waals surface area contributed by atoms with E-state index in [4.69, 9.17) is 5.11 Å². The summed E-state index contributed by atoms with van der Waals surface area (Å²) in [4.78, 5) is 22.8. The molecule has 5 nitrogen and oxygen atoms in total. The standard InChI is InChI=1S/C13H14F2N2O3S/c14-9-4-8(12(18)19)11(5-10(9)15)17-13(20)16-7-2-1-3-21-6-7/h4-5,7H,1-3,6H2,(H,18,19)(H2,16,17,20). The fourth-order valence-electron chi connectivity index (χ4n) is 2.03. The van der Waals surface area contributed by atoms with Crippen LogP contribution in [0.4, 0.5) is 19.3 Å². The number of hydrogen-bond acceptors (Lipinski definition) is 3. The van der Waals surface area contributed by atoms with Crippen LogP contribution in [-0.2, 0) is 0 Å². The number of carbonyl (C=O) groups excluding carboxylic acids is 1. The van der Waals surface area contributed by atoms with Gasteiger partial charge in [0.25, 0.3) is 0 Å². The van der Waals surface area contributed by atoms with Gasteiger partial charge in [0.1, 0.15) is 0 Å². The molecule has 0 aliphatic carbocycles. The molecule has 2 amide bonds. The van der Waals surface area contributed by atoms with Gasteiger partial charge in [0, 0.05) is 17.9 Å². The van der Waals surface area contributed by atoms with Gasteiger partial charge in [-0.15, -0.1) is 0 Å². The van der Waals surface area contributed by atoms with Crippen LogP contribution in [0.2, 0.25) is 0 Å². The van der Waals surface area contributed by atoms with Gasteiger partial charge in [-0.05, 0) is 24.7 Å². The molecule has 114 valence electrons. The summed E-state index contributed by atoms with van der Waals surface area (Å²) < 4.78 is 26.2. The number of halogens is 2. The van der Waals surface area contributed by atoms with Gasteiger partial charge in [0.15, 0.2) is 11.6 Å². The molecule has 0 radical (unpaired) electrons. The first kappa shape index (κ1) is 15.6. The van der Waals surface area contributed by atoms with Gasteiger partial charge in [0.2, 0.25) is 0 Å². The monoisotopic (exact) mass is 316 g/mol. The molecule has 21 heavy (non-hydrogen) atoms. The Morgan fingerprint density at radius 3 is 2.62 bits per heavy atom. The maximum atomic E-state index is 13.2. The van der Waals surface area contributed by atoms with Crippen LogP contribution in [0.25, 0.3) is 0 Å². The van der Waals surface area contributed by atoms with Crippen LogP contribution in [0.15, 0.2) is 12.1 Å². The lowest BCUT2D eigenvalue weighted by Crippen LogP contribution is -2.41. The number of carboxylic acid groups (broad SMARTS) is 1. The highest BCUT2D eigenvalue weighted by Crippen LogP contribution is 2.21. The van der Waals surface area contributed by atoms with Crippen molar-refractivity contribution in [2.75, 3.05) is 16.8 Å². The van der Waals surface area contributed by atoms with Crippen LogP contribution in [0.5, 0.6) is 0 Å². The normalized spacial score (nSPS) is 18.1. The van der Waals surface area contributed by atoms with E-state index in [0.29, 0.717) is 12.1 Å². The van der Waals surface area contributed by atoms with Crippen molar-refractivity contribution in [2.45, 2.75) is 18.9 Å². The van der Waals surface area contributed by atoms with Crippen molar-refractivity contribution < 1.29 is 23.5 Å². The van der Waals surface area contributed by atoms with Gasteiger partial charge >= 0.3 is 12.0 Å². The first-order valence-electron chi connectivity index (χ1n) is 6.35. The zero-order chi connectivity index (χ0) is 15.4. The fraction of sp³-hybridized carbons (Fsp3) is 0.385. The minimum atomic E-state index is -1.45. The largest absolute Gasteiger partial charge is 0.478 e. The predicted molar refractivity (Wildman–Crippen MR) is 75.8 cm³/mol. The second-order valence-corrected chi connectivity index (χ2v) is 5.78. The molecule has 2 rings (SSSR count). The third-order valence-electron chi connectivity index (χ3n) is 3.03. The van der Waals surface area contributed by atoms with E-state index >= 15 is 0 Å². The van der Waals surface area contributed by atoms with E-state index in [0.717, 1.165) is 24.3 Å². The Kier molecular flexibility index (Phi) is 5.00. The summed E-state index contributed by atoms with van der Waals surface area (Å²) in [5.74, 6) is -2.12. The summed E-state index contributed by atoms with van der Waals surface area (Å²) in [7, 11) is 0. The second kappa shape index (κ2) is 6.75. The molecule has 0 bridgehead atoms. The summed E-state index contributed by atoms with van der Waals surface area (Å²) in [6, 6.07) is 0.566. The highest BCUT2D eigenvalue weighted by Gasteiger charge is 2.19. The number of nitrogens with one attached hydrogen (secondary N) is 2. The lowest BCUT2D eigenvalue weighted by molar-refractivity contribution is 0.0697. The van der Waals surface area contributed by atoms with Gasteiger partial charge in [-0.1, -0.05) is 0 Å². The zero-order valence-electron chi connectivity index (χ0n) is 11.0. The predicted octanol–water partition coefficient (Wildman–Crippen LogP) is 2.68. The topological polar surface area (TPSA) is 78.4 Å². The lowest BCUT2D eigenvalue weighted by atomic mass is 10.1. The van der Waals surface area contributed by atoms with E-state index in [1.165, 1.54) is 0 Å². The molecule has 1 fully saturated rings. The van der Waals surface area contributed by atoms with E-state index in [1.54, 1.807) is 11.8 Å². The Labute approximate surface area is 124 Å². The Bertz CT molecular complexity index is 563. The van der Waals surface area contributed by atoms with Gasteiger partial charge in [-0.2, -0.15) is 11.8 Å². The summed E-state index contributed by atoms with van der Waals surface area (Å²) in [5, 5.41) is 13.9. The van der Waals surface area contributed by atoms with Gasteiger partial charge in [-0.25, -0.2) is 18.4 Å². The van der Waals surface area contributed by atoms with Crippen LogP contribution in [0.3, 0.4) is 0 Å². The highest BCUT2D eigenvalue weighted by atomic mass is 32.2. The Morgan fingerprint density at radius 1 is 1.29 bits per heavy atom. The van der Waals surface area contributed by atoms with E-state index in [1.807, 2.05) is 0 Å². The molecule has 1 atom stereocenters. The Balaban J connectivity index is 2.09. The number of thioether (sulfide) groups is 1. The highest BCUT2D eigenvalue weighted by molar-refractivity contribution is 7.99. The third kappa shape index (κ3) is 4.07. The molecule has 3 N–H and O–H groups in total. The summed E-state index contributed by atoms with van der Waals surface area (Å²) in [6.45, 7) is 0. The van der Waals surface area contributed by atoms with Crippen molar-refractivity contribution in [3.63, 3.8) is 0 Å². The molecular formula is C13H14F2N2O3S. The fourth-order valence-corrected chi connectivity index (χ4v) is 3.10. The number of benzene rings is 1. The van der Waals surface area contributed by atoms with Crippen LogP contribution < -0.4 is 10.6 Å². The number of anilines is 1. The molecule has 1 aliphatic rings. The molecule has 1 aliphatic heterocycles. The molecule has 1 unspecified atom stereocenters. The van der Waals surface area contributed by atoms with E-state index in [-0.39, 0.29) is 11.7 Å². The average molecular weight is 316 g/mol. The summed E-state index contributed by atoms with van der Waals surface area (Å²) in [6.07, 6.45) is 1.82. The summed E-state index contributed by atoms with van der Waals surface area (Å²) in [5.41, 5.74) is -0.774. The smallest absolute Gasteiger partial charge is 0.337 e. The van der Waals surface area contributed by atoms with E-state index in [2.05, 4.69) is 10.6 Å². The van der Waals surface area contributed by atoms with Crippen molar-refractivity contribution >= 4 is 29.4 Å². The maximum Gasteiger partial charge on any atom is 0.337 e.